The van der Waals surface area contributed by atoms with Crippen LogP contribution >= 0.6 is 0 Å². The van der Waals surface area contributed by atoms with Crippen LogP contribution in [0.15, 0.2) is 30.9 Å². The fourth-order valence-corrected chi connectivity index (χ4v) is 3.06. The van der Waals surface area contributed by atoms with Gasteiger partial charge in [0.05, 0.1) is 5.56 Å². The molecule has 1 aliphatic rings. The molecule has 0 unspecified atom stereocenters. The van der Waals surface area contributed by atoms with Gasteiger partial charge in [-0.3, -0.25) is 0 Å². The molecule has 3 rings (SSSR count). The van der Waals surface area contributed by atoms with Gasteiger partial charge >= 0.3 is 5.97 Å². The number of allylic oxidation sites excluding steroid dienone is 1. The Morgan fingerprint density at radius 3 is 3.00 bits per heavy atom. The molecule has 104 valence electrons. The molecule has 4 heteroatoms. The summed E-state index contributed by atoms with van der Waals surface area (Å²) in [5, 5.41) is 10.2. The molecular weight excluding hydrogens is 252 g/mol. The van der Waals surface area contributed by atoms with Crippen molar-refractivity contribution >= 4 is 16.9 Å². The number of carbonyl (C=O) groups is 1. The molecule has 0 amide bonds. The summed E-state index contributed by atoms with van der Waals surface area (Å²) in [5.74, 6) is -0.874. The Labute approximate surface area is 117 Å². The minimum absolute atomic E-state index is 0.351. The van der Waals surface area contributed by atoms with Gasteiger partial charge in [0.2, 0.25) is 0 Å². The van der Waals surface area contributed by atoms with Gasteiger partial charge in [-0.05, 0) is 30.8 Å². The summed E-state index contributed by atoms with van der Waals surface area (Å²) < 4.78 is 2.26. The minimum Gasteiger partial charge on any atom is -0.478 e. The SMILES string of the molecule is C=CCn1c2c(c3cc(C(=O)O)ccc31)CN(C)CC2. The third-order valence-corrected chi connectivity index (χ3v) is 4.00. The van der Waals surface area contributed by atoms with Crippen molar-refractivity contribution in [1.82, 2.24) is 9.47 Å². The lowest BCUT2D eigenvalue weighted by Crippen LogP contribution is -2.27. The number of carboxylic acids is 1. The van der Waals surface area contributed by atoms with Crippen molar-refractivity contribution in [1.29, 1.82) is 0 Å². The van der Waals surface area contributed by atoms with Crippen LogP contribution in [0.3, 0.4) is 0 Å². The largest absolute Gasteiger partial charge is 0.478 e. The number of fused-ring (bicyclic) bond motifs is 3. The first-order chi connectivity index (χ1) is 9.61. The van der Waals surface area contributed by atoms with Crippen molar-refractivity contribution in [3.63, 3.8) is 0 Å². The normalized spacial score (nSPS) is 15.2. The fourth-order valence-electron chi connectivity index (χ4n) is 3.06. The van der Waals surface area contributed by atoms with E-state index in [0.717, 1.165) is 37.0 Å². The zero-order valence-electron chi connectivity index (χ0n) is 11.6. The maximum Gasteiger partial charge on any atom is 0.335 e. The summed E-state index contributed by atoms with van der Waals surface area (Å²) in [4.78, 5) is 13.4. The zero-order valence-corrected chi connectivity index (χ0v) is 11.6. The lowest BCUT2D eigenvalue weighted by atomic mass is 10.0. The standard InChI is InChI=1S/C16H18N2O2/c1-3-7-18-14-5-4-11(16(19)20)9-12(14)13-10-17(2)8-6-15(13)18/h3-5,9H,1,6-8,10H2,2H3,(H,19,20). The molecule has 1 aromatic carbocycles. The number of aromatic nitrogens is 1. The van der Waals surface area contributed by atoms with Gasteiger partial charge in [0.1, 0.15) is 0 Å². The van der Waals surface area contributed by atoms with Crippen LogP contribution in [0, 0.1) is 0 Å². The van der Waals surface area contributed by atoms with Crippen molar-refractivity contribution in [2.24, 2.45) is 0 Å². The summed E-state index contributed by atoms with van der Waals surface area (Å²) >= 11 is 0. The van der Waals surface area contributed by atoms with E-state index >= 15 is 0 Å². The van der Waals surface area contributed by atoms with Gasteiger partial charge in [0.25, 0.3) is 0 Å². The van der Waals surface area contributed by atoms with Crippen molar-refractivity contribution < 1.29 is 9.90 Å². The second-order valence-corrected chi connectivity index (χ2v) is 5.35. The molecule has 0 saturated heterocycles. The number of likely N-dealkylation sites (N-methyl/N-ethyl adjacent to an activating group) is 1. The van der Waals surface area contributed by atoms with E-state index in [0.29, 0.717) is 5.56 Å². The Hall–Kier alpha value is -2.07. The molecule has 0 spiro atoms. The van der Waals surface area contributed by atoms with Crippen LogP contribution in [0.5, 0.6) is 0 Å². The van der Waals surface area contributed by atoms with E-state index < -0.39 is 5.97 Å². The van der Waals surface area contributed by atoms with Crippen LogP contribution in [-0.2, 0) is 19.5 Å². The van der Waals surface area contributed by atoms with Crippen LogP contribution in [-0.4, -0.2) is 34.1 Å². The van der Waals surface area contributed by atoms with Crippen LogP contribution in [0.2, 0.25) is 0 Å². The topological polar surface area (TPSA) is 45.5 Å². The summed E-state index contributed by atoms with van der Waals surface area (Å²) in [6.45, 7) is 6.50. The van der Waals surface area contributed by atoms with Crippen LogP contribution in [0.1, 0.15) is 21.6 Å². The van der Waals surface area contributed by atoms with Crippen molar-refractivity contribution in [2.75, 3.05) is 13.6 Å². The molecule has 4 nitrogen and oxygen atoms in total. The number of aromatic carboxylic acids is 1. The lowest BCUT2D eigenvalue weighted by molar-refractivity contribution is 0.0697. The third kappa shape index (κ3) is 1.93. The van der Waals surface area contributed by atoms with Gasteiger partial charge in [0, 0.05) is 42.7 Å². The monoisotopic (exact) mass is 270 g/mol. The van der Waals surface area contributed by atoms with Crippen LogP contribution in [0.4, 0.5) is 0 Å². The van der Waals surface area contributed by atoms with Gasteiger partial charge in [-0.15, -0.1) is 6.58 Å². The highest BCUT2D eigenvalue weighted by Gasteiger charge is 2.22. The summed E-state index contributed by atoms with van der Waals surface area (Å²) in [6, 6.07) is 5.40. The Bertz CT molecular complexity index is 700. The van der Waals surface area contributed by atoms with E-state index in [1.165, 1.54) is 11.3 Å². The Balaban J connectivity index is 2.28. The first-order valence-electron chi connectivity index (χ1n) is 6.78. The first-order valence-corrected chi connectivity index (χ1v) is 6.78. The van der Waals surface area contributed by atoms with Gasteiger partial charge < -0.3 is 14.6 Å². The summed E-state index contributed by atoms with van der Waals surface area (Å²) in [7, 11) is 2.10. The molecule has 0 radical (unpaired) electrons. The summed E-state index contributed by atoms with van der Waals surface area (Å²) in [6.07, 6.45) is 2.89. The Morgan fingerprint density at radius 1 is 1.50 bits per heavy atom. The van der Waals surface area contributed by atoms with E-state index in [1.54, 1.807) is 12.1 Å². The van der Waals surface area contributed by atoms with Gasteiger partial charge in [-0.1, -0.05) is 6.08 Å². The quantitative estimate of drug-likeness (QED) is 0.872. The molecule has 1 aromatic heterocycles. The highest BCUT2D eigenvalue weighted by molar-refractivity contribution is 5.95. The van der Waals surface area contributed by atoms with Crippen LogP contribution < -0.4 is 0 Å². The predicted molar refractivity (Wildman–Crippen MR) is 79.1 cm³/mol. The molecule has 1 N–H and O–H groups in total. The van der Waals surface area contributed by atoms with Crippen molar-refractivity contribution in [3.05, 3.63) is 47.7 Å². The van der Waals surface area contributed by atoms with E-state index in [-0.39, 0.29) is 0 Å². The third-order valence-electron chi connectivity index (χ3n) is 4.00. The molecule has 2 heterocycles. The van der Waals surface area contributed by atoms with E-state index in [9.17, 15) is 9.90 Å². The Kier molecular flexibility index (Phi) is 3.10. The first kappa shape index (κ1) is 12.9. The second-order valence-electron chi connectivity index (χ2n) is 5.35. The number of benzene rings is 1. The molecule has 2 aromatic rings. The lowest BCUT2D eigenvalue weighted by Gasteiger charge is -2.24. The average molecular weight is 270 g/mol. The molecule has 20 heavy (non-hydrogen) atoms. The van der Waals surface area contributed by atoms with Gasteiger partial charge in [-0.25, -0.2) is 4.79 Å². The molecule has 0 atom stereocenters. The number of carboxylic acid groups (broad SMARTS) is 1. The molecule has 0 fully saturated rings. The van der Waals surface area contributed by atoms with E-state index in [1.807, 2.05) is 12.1 Å². The number of nitrogens with zero attached hydrogens (tertiary/aromatic N) is 2. The number of hydrogen-bond donors (Lipinski definition) is 1. The van der Waals surface area contributed by atoms with Crippen molar-refractivity contribution in [2.45, 2.75) is 19.5 Å². The highest BCUT2D eigenvalue weighted by atomic mass is 16.4. The molecular formula is C16H18N2O2. The van der Waals surface area contributed by atoms with Gasteiger partial charge in [0.15, 0.2) is 0 Å². The minimum atomic E-state index is -0.874. The average Bonchev–Trinajstić information content (AvgIpc) is 2.73. The number of hydrogen-bond acceptors (Lipinski definition) is 2. The van der Waals surface area contributed by atoms with E-state index in [4.69, 9.17) is 0 Å². The maximum atomic E-state index is 11.2. The van der Waals surface area contributed by atoms with Crippen molar-refractivity contribution in [3.8, 4) is 0 Å². The molecule has 1 aliphatic heterocycles. The molecule has 0 bridgehead atoms. The fraction of sp³-hybridized carbons (Fsp3) is 0.312. The number of rotatable bonds is 3. The smallest absolute Gasteiger partial charge is 0.335 e. The summed E-state index contributed by atoms with van der Waals surface area (Å²) in [5.41, 5.74) is 4.04. The van der Waals surface area contributed by atoms with E-state index in [2.05, 4.69) is 23.1 Å². The molecule has 0 aliphatic carbocycles. The van der Waals surface area contributed by atoms with Gasteiger partial charge in [-0.2, -0.15) is 0 Å². The Morgan fingerprint density at radius 2 is 2.30 bits per heavy atom. The molecule has 0 saturated carbocycles. The second kappa shape index (κ2) is 4.80. The zero-order chi connectivity index (χ0) is 14.3. The maximum absolute atomic E-state index is 11.2. The highest BCUT2D eigenvalue weighted by Crippen LogP contribution is 2.31. The van der Waals surface area contributed by atoms with Crippen LogP contribution in [0.25, 0.3) is 10.9 Å². The predicted octanol–water partition coefficient (Wildman–Crippen LogP) is 2.51.